The Morgan fingerprint density at radius 3 is 1.21 bits per heavy atom. The molecule has 6 aromatic heterocycles. The number of pyridine rings is 5. The molecule has 0 saturated heterocycles. The second-order valence-corrected chi connectivity index (χ2v) is 15.2. The van der Waals surface area contributed by atoms with E-state index in [2.05, 4.69) is 175 Å². The van der Waals surface area contributed by atoms with E-state index in [-0.39, 0.29) is 0 Å². The maximum absolute atomic E-state index is 4.63. The zero-order valence-corrected chi connectivity index (χ0v) is 33.0. The van der Waals surface area contributed by atoms with Crippen molar-refractivity contribution in [1.82, 2.24) is 29.5 Å². The average molecular weight is 781 g/mol. The fourth-order valence-corrected chi connectivity index (χ4v) is 8.36. The standard InChI is InChI=1S/C55H36N6/c1-2-14-51(15-3-1)61-54-17-16-41(29-52(54)53-36-58-21-18-55(53)61)46-25-44(37-8-4-10-39(22-37)47-27-49(34-59-32-47)42-12-6-19-56-30-42)24-45(26-46)38-9-5-11-40(23-38)48-28-50(35-60-33-48)43-13-7-20-57-31-43/h1-36H. The van der Waals surface area contributed by atoms with E-state index in [4.69, 9.17) is 0 Å². The van der Waals surface area contributed by atoms with Crippen LogP contribution in [0.25, 0.3) is 105 Å². The third kappa shape index (κ3) is 6.92. The van der Waals surface area contributed by atoms with Gasteiger partial charge in [-0.25, -0.2) is 0 Å². The first-order valence-corrected chi connectivity index (χ1v) is 20.2. The van der Waals surface area contributed by atoms with E-state index in [1.807, 2.05) is 61.7 Å². The summed E-state index contributed by atoms with van der Waals surface area (Å²) in [5.74, 6) is 0. The molecule has 11 aromatic rings. The maximum atomic E-state index is 4.63. The Bertz CT molecular complexity index is 3220. The average Bonchev–Trinajstić information content (AvgIpc) is 3.68. The summed E-state index contributed by atoms with van der Waals surface area (Å²) in [6, 6.07) is 56.3. The molecule has 286 valence electrons. The molecule has 6 heteroatoms. The van der Waals surface area contributed by atoms with Gasteiger partial charge in [0, 0.05) is 112 Å². The molecule has 0 aliphatic carbocycles. The van der Waals surface area contributed by atoms with Crippen molar-refractivity contribution >= 4 is 21.8 Å². The van der Waals surface area contributed by atoms with Crippen LogP contribution in [0.5, 0.6) is 0 Å². The molecule has 5 aromatic carbocycles. The molecule has 0 radical (unpaired) electrons. The van der Waals surface area contributed by atoms with Gasteiger partial charge in [0.05, 0.1) is 11.0 Å². The van der Waals surface area contributed by atoms with Crippen LogP contribution in [0.1, 0.15) is 0 Å². The Morgan fingerprint density at radius 2 is 0.672 bits per heavy atom. The van der Waals surface area contributed by atoms with Crippen molar-refractivity contribution in [3.8, 4) is 83.6 Å². The molecule has 0 spiro atoms. The summed E-state index contributed by atoms with van der Waals surface area (Å²) in [6.45, 7) is 0. The van der Waals surface area contributed by atoms with Crippen molar-refractivity contribution in [1.29, 1.82) is 0 Å². The van der Waals surface area contributed by atoms with E-state index in [9.17, 15) is 0 Å². The van der Waals surface area contributed by atoms with Gasteiger partial charge in [-0.3, -0.25) is 24.9 Å². The highest BCUT2D eigenvalue weighted by Crippen LogP contribution is 2.39. The lowest BCUT2D eigenvalue weighted by atomic mass is 9.91. The van der Waals surface area contributed by atoms with Gasteiger partial charge in [0.2, 0.25) is 0 Å². The summed E-state index contributed by atoms with van der Waals surface area (Å²) in [5, 5.41) is 2.27. The number of benzene rings is 5. The van der Waals surface area contributed by atoms with E-state index >= 15 is 0 Å². The number of rotatable bonds is 8. The topological polar surface area (TPSA) is 69.4 Å². The number of fused-ring (bicyclic) bond motifs is 3. The molecule has 0 fully saturated rings. The zero-order valence-electron chi connectivity index (χ0n) is 33.0. The largest absolute Gasteiger partial charge is 0.309 e. The molecule has 0 bridgehead atoms. The van der Waals surface area contributed by atoms with Gasteiger partial charge in [-0.05, 0) is 129 Å². The highest BCUT2D eigenvalue weighted by atomic mass is 15.0. The molecule has 0 N–H and O–H groups in total. The minimum atomic E-state index is 1.03. The molecule has 6 nitrogen and oxygen atoms in total. The van der Waals surface area contributed by atoms with Crippen molar-refractivity contribution in [3.05, 3.63) is 220 Å². The monoisotopic (exact) mass is 780 g/mol. The van der Waals surface area contributed by atoms with Gasteiger partial charge < -0.3 is 4.57 Å². The Balaban J connectivity index is 1.06. The number of hydrogen-bond donors (Lipinski definition) is 0. The van der Waals surface area contributed by atoms with Crippen LogP contribution in [0, 0.1) is 0 Å². The molecule has 11 rings (SSSR count). The summed E-state index contributed by atoms with van der Waals surface area (Å²) in [5.41, 5.74) is 18.5. The number of nitrogens with zero attached hydrogens (tertiary/aromatic N) is 6. The summed E-state index contributed by atoms with van der Waals surface area (Å²) in [7, 11) is 0. The molecule has 6 heterocycles. The van der Waals surface area contributed by atoms with Crippen molar-refractivity contribution in [2.45, 2.75) is 0 Å². The number of hydrogen-bond acceptors (Lipinski definition) is 5. The summed E-state index contributed by atoms with van der Waals surface area (Å²) in [4.78, 5) is 22.5. The van der Waals surface area contributed by atoms with E-state index in [1.165, 1.54) is 0 Å². The first kappa shape index (κ1) is 35.8. The Labute approximate surface area is 353 Å². The van der Waals surface area contributed by atoms with Crippen LogP contribution in [-0.4, -0.2) is 29.5 Å². The second-order valence-electron chi connectivity index (χ2n) is 15.2. The summed E-state index contributed by atoms with van der Waals surface area (Å²) >= 11 is 0. The van der Waals surface area contributed by atoms with Crippen molar-refractivity contribution in [2.24, 2.45) is 0 Å². The Kier molecular flexibility index (Phi) is 9.06. The van der Waals surface area contributed by atoms with E-state index < -0.39 is 0 Å². The lowest BCUT2D eigenvalue weighted by Gasteiger charge is -2.14. The third-order valence-electron chi connectivity index (χ3n) is 11.4. The smallest absolute Gasteiger partial charge is 0.0571 e. The predicted octanol–water partition coefficient (Wildman–Crippen LogP) is 13.4. The van der Waals surface area contributed by atoms with Gasteiger partial charge in [-0.2, -0.15) is 0 Å². The van der Waals surface area contributed by atoms with Crippen LogP contribution in [0.3, 0.4) is 0 Å². The first-order chi connectivity index (χ1) is 30.2. The van der Waals surface area contributed by atoms with Gasteiger partial charge in [0.1, 0.15) is 0 Å². The van der Waals surface area contributed by atoms with Crippen LogP contribution < -0.4 is 0 Å². The molecule has 0 atom stereocenters. The Hall–Kier alpha value is -8.35. The lowest BCUT2D eigenvalue weighted by molar-refractivity contribution is 1.17. The zero-order chi connectivity index (χ0) is 40.5. The highest BCUT2D eigenvalue weighted by Gasteiger charge is 2.16. The molecule has 0 aliphatic heterocycles. The predicted molar refractivity (Wildman–Crippen MR) is 248 cm³/mol. The minimum absolute atomic E-state index is 1.03. The normalized spacial score (nSPS) is 11.3. The van der Waals surface area contributed by atoms with Gasteiger partial charge in [-0.15, -0.1) is 0 Å². The van der Waals surface area contributed by atoms with Crippen molar-refractivity contribution < 1.29 is 0 Å². The summed E-state index contributed by atoms with van der Waals surface area (Å²) in [6.07, 6.45) is 18.8. The summed E-state index contributed by atoms with van der Waals surface area (Å²) < 4.78 is 2.32. The van der Waals surface area contributed by atoms with Crippen LogP contribution in [0.4, 0.5) is 0 Å². The van der Waals surface area contributed by atoms with E-state index in [0.29, 0.717) is 0 Å². The molecule has 0 unspecified atom stereocenters. The number of aromatic nitrogens is 6. The van der Waals surface area contributed by atoms with Crippen molar-refractivity contribution in [2.75, 3.05) is 0 Å². The molecule has 0 aliphatic rings. The minimum Gasteiger partial charge on any atom is -0.309 e. The van der Waals surface area contributed by atoms with Crippen LogP contribution >= 0.6 is 0 Å². The number of para-hydroxylation sites is 1. The van der Waals surface area contributed by atoms with E-state index in [1.54, 1.807) is 12.4 Å². The SMILES string of the molecule is c1ccc(-n2c3ccncc3c3cc(-c4cc(-c5cccc(-c6cncc(-c7cccnc7)c6)c5)cc(-c5cccc(-c6cncc(-c7cccnc7)c6)c5)c4)ccc32)cc1. The lowest BCUT2D eigenvalue weighted by Crippen LogP contribution is -1.93. The van der Waals surface area contributed by atoms with Crippen LogP contribution in [0.15, 0.2) is 220 Å². The van der Waals surface area contributed by atoms with Gasteiger partial charge >= 0.3 is 0 Å². The van der Waals surface area contributed by atoms with Gasteiger partial charge in [0.25, 0.3) is 0 Å². The maximum Gasteiger partial charge on any atom is 0.0571 e. The van der Waals surface area contributed by atoms with Crippen LogP contribution in [-0.2, 0) is 0 Å². The molecule has 0 amide bonds. The van der Waals surface area contributed by atoms with Gasteiger partial charge in [0.15, 0.2) is 0 Å². The second kappa shape index (κ2) is 15.4. The van der Waals surface area contributed by atoms with E-state index in [0.717, 1.165) is 105 Å². The highest BCUT2D eigenvalue weighted by molar-refractivity contribution is 6.10. The van der Waals surface area contributed by atoms with Crippen LogP contribution in [0.2, 0.25) is 0 Å². The first-order valence-electron chi connectivity index (χ1n) is 20.2. The van der Waals surface area contributed by atoms with Gasteiger partial charge in [-0.1, -0.05) is 72.8 Å². The molecule has 0 saturated carbocycles. The molecular formula is C55H36N6. The van der Waals surface area contributed by atoms with Crippen molar-refractivity contribution in [3.63, 3.8) is 0 Å². The molecular weight excluding hydrogens is 745 g/mol. The fraction of sp³-hybridized carbons (Fsp3) is 0. The fourth-order valence-electron chi connectivity index (χ4n) is 8.36. The Morgan fingerprint density at radius 1 is 0.246 bits per heavy atom. The third-order valence-corrected chi connectivity index (χ3v) is 11.4. The quantitative estimate of drug-likeness (QED) is 0.154. The molecule has 61 heavy (non-hydrogen) atoms.